The van der Waals surface area contributed by atoms with Crippen LogP contribution in [0.5, 0.6) is 5.88 Å². The molecule has 1 aliphatic heterocycles. The van der Waals surface area contributed by atoms with Crippen molar-refractivity contribution in [3.8, 4) is 17.3 Å². The van der Waals surface area contributed by atoms with Gasteiger partial charge in [0.15, 0.2) is 0 Å². The molecule has 2 aromatic heterocycles. The first-order valence-corrected chi connectivity index (χ1v) is 7.02. The maximum Gasteiger partial charge on any atom is 0.244 e. The van der Waals surface area contributed by atoms with E-state index in [1.54, 1.807) is 19.4 Å². The van der Waals surface area contributed by atoms with E-state index in [4.69, 9.17) is 14.0 Å². The van der Waals surface area contributed by atoms with Crippen LogP contribution in [-0.2, 0) is 4.74 Å². The normalized spacial score (nSPS) is 18.0. The minimum absolute atomic E-state index is 0.177. The van der Waals surface area contributed by atoms with Gasteiger partial charge in [-0.15, -0.1) is 0 Å². The van der Waals surface area contributed by atoms with Crippen molar-refractivity contribution in [2.45, 2.75) is 18.9 Å². The van der Waals surface area contributed by atoms with Crippen LogP contribution in [0.3, 0.4) is 0 Å². The second kappa shape index (κ2) is 6.64. The molecule has 0 amide bonds. The van der Waals surface area contributed by atoms with E-state index in [0.717, 1.165) is 24.9 Å². The van der Waals surface area contributed by atoms with Crippen LogP contribution in [-0.4, -0.2) is 42.0 Å². The van der Waals surface area contributed by atoms with Gasteiger partial charge in [-0.2, -0.15) is 4.98 Å². The zero-order chi connectivity index (χ0) is 14.5. The number of hydrogen-bond acceptors (Lipinski definition) is 7. The molecule has 21 heavy (non-hydrogen) atoms. The lowest BCUT2D eigenvalue weighted by molar-refractivity contribution is 0.144. The number of aromatic nitrogens is 3. The summed E-state index contributed by atoms with van der Waals surface area (Å²) in [6, 6.07) is 3.83. The van der Waals surface area contributed by atoms with E-state index in [0.29, 0.717) is 30.8 Å². The smallest absolute Gasteiger partial charge is 0.244 e. The molecule has 7 heteroatoms. The summed E-state index contributed by atoms with van der Waals surface area (Å²) >= 11 is 0. The Labute approximate surface area is 122 Å². The second-order valence-electron chi connectivity index (χ2n) is 4.83. The first kappa shape index (κ1) is 14.0. The van der Waals surface area contributed by atoms with Crippen molar-refractivity contribution < 1.29 is 14.0 Å². The number of methoxy groups -OCH3 is 1. The molecule has 0 radical (unpaired) electrons. The van der Waals surface area contributed by atoms with E-state index < -0.39 is 0 Å². The van der Waals surface area contributed by atoms with Gasteiger partial charge in [0.2, 0.25) is 17.6 Å². The van der Waals surface area contributed by atoms with Crippen LogP contribution in [0.15, 0.2) is 22.9 Å². The molecule has 1 N–H and O–H groups in total. The van der Waals surface area contributed by atoms with Gasteiger partial charge in [0.1, 0.15) is 6.61 Å². The largest absolute Gasteiger partial charge is 0.475 e. The molecule has 3 rings (SSSR count). The molecular formula is C14H18N4O3. The maximum absolute atomic E-state index is 5.41. The van der Waals surface area contributed by atoms with Crippen LogP contribution in [0, 0.1) is 0 Å². The van der Waals surface area contributed by atoms with Crippen molar-refractivity contribution in [3.63, 3.8) is 0 Å². The Morgan fingerprint density at radius 1 is 1.38 bits per heavy atom. The standard InChI is InChI=1S/C14H18N4O3/c1-19-7-8-20-12-5-4-10(9-16-12)13-17-14(21-18-13)11-3-2-6-15-11/h4-5,9,11,15H,2-3,6-8H2,1H3/t11-/m1/s1. The van der Waals surface area contributed by atoms with Crippen LogP contribution in [0.2, 0.25) is 0 Å². The molecular weight excluding hydrogens is 272 g/mol. The Hall–Kier alpha value is -1.99. The molecule has 0 aromatic carbocycles. The lowest BCUT2D eigenvalue weighted by Gasteiger charge is -2.04. The molecule has 1 saturated heterocycles. The fourth-order valence-corrected chi connectivity index (χ4v) is 2.22. The third kappa shape index (κ3) is 3.37. The number of rotatable bonds is 6. The third-order valence-electron chi connectivity index (χ3n) is 3.33. The number of nitrogens with one attached hydrogen (secondary N) is 1. The van der Waals surface area contributed by atoms with E-state index in [2.05, 4.69) is 20.4 Å². The molecule has 112 valence electrons. The van der Waals surface area contributed by atoms with E-state index in [-0.39, 0.29) is 6.04 Å². The monoisotopic (exact) mass is 290 g/mol. The first-order valence-electron chi connectivity index (χ1n) is 7.02. The van der Waals surface area contributed by atoms with Gasteiger partial charge in [-0.1, -0.05) is 5.16 Å². The number of nitrogens with zero attached hydrogens (tertiary/aromatic N) is 3. The molecule has 0 aliphatic carbocycles. The summed E-state index contributed by atoms with van der Waals surface area (Å²) in [5, 5.41) is 7.34. The number of pyridine rings is 1. The Balaban J connectivity index is 1.66. The molecule has 1 atom stereocenters. The Kier molecular flexibility index (Phi) is 4.42. The first-order chi connectivity index (χ1) is 10.4. The highest BCUT2D eigenvalue weighted by atomic mass is 16.5. The molecule has 3 heterocycles. The molecule has 2 aromatic rings. The average molecular weight is 290 g/mol. The lowest BCUT2D eigenvalue weighted by Crippen LogP contribution is -2.12. The van der Waals surface area contributed by atoms with E-state index in [9.17, 15) is 0 Å². The Morgan fingerprint density at radius 2 is 2.33 bits per heavy atom. The summed E-state index contributed by atoms with van der Waals surface area (Å²) < 4.78 is 15.6. The summed E-state index contributed by atoms with van der Waals surface area (Å²) in [6.45, 7) is 2.01. The highest BCUT2D eigenvalue weighted by Crippen LogP contribution is 2.24. The van der Waals surface area contributed by atoms with Gasteiger partial charge >= 0.3 is 0 Å². The average Bonchev–Trinajstić information content (AvgIpc) is 3.19. The van der Waals surface area contributed by atoms with Gasteiger partial charge in [-0.25, -0.2) is 4.98 Å². The number of ether oxygens (including phenoxy) is 2. The fourth-order valence-electron chi connectivity index (χ4n) is 2.22. The van der Waals surface area contributed by atoms with Crippen molar-refractivity contribution >= 4 is 0 Å². The predicted octanol–water partition coefficient (Wildman–Crippen LogP) is 1.58. The zero-order valence-corrected chi connectivity index (χ0v) is 11.9. The van der Waals surface area contributed by atoms with Gasteiger partial charge < -0.3 is 19.3 Å². The minimum atomic E-state index is 0.177. The SMILES string of the molecule is COCCOc1ccc(-c2noc([C@H]3CCCN3)n2)cn1. The molecule has 0 saturated carbocycles. The van der Waals surface area contributed by atoms with Crippen LogP contribution < -0.4 is 10.1 Å². The summed E-state index contributed by atoms with van der Waals surface area (Å²) in [5.74, 6) is 1.74. The fraction of sp³-hybridized carbons (Fsp3) is 0.500. The zero-order valence-electron chi connectivity index (χ0n) is 11.9. The van der Waals surface area contributed by atoms with Gasteiger partial charge in [0.25, 0.3) is 0 Å². The quantitative estimate of drug-likeness (QED) is 0.809. The third-order valence-corrected chi connectivity index (χ3v) is 3.33. The van der Waals surface area contributed by atoms with Gasteiger partial charge in [0, 0.05) is 24.9 Å². The maximum atomic E-state index is 5.41. The van der Waals surface area contributed by atoms with Gasteiger partial charge in [-0.3, -0.25) is 0 Å². The Morgan fingerprint density at radius 3 is 3.05 bits per heavy atom. The minimum Gasteiger partial charge on any atom is -0.475 e. The predicted molar refractivity (Wildman–Crippen MR) is 74.9 cm³/mol. The molecule has 7 nitrogen and oxygen atoms in total. The molecule has 0 spiro atoms. The molecule has 1 fully saturated rings. The number of hydrogen-bond donors (Lipinski definition) is 1. The molecule has 0 unspecified atom stereocenters. The van der Waals surface area contributed by atoms with Crippen molar-refractivity contribution in [2.75, 3.05) is 26.9 Å². The summed E-state index contributed by atoms with van der Waals surface area (Å²) in [7, 11) is 1.63. The van der Waals surface area contributed by atoms with Crippen molar-refractivity contribution in [1.82, 2.24) is 20.4 Å². The Bertz CT molecular complexity index is 564. The second-order valence-corrected chi connectivity index (χ2v) is 4.83. The summed E-state index contributed by atoms with van der Waals surface area (Å²) in [6.07, 6.45) is 3.85. The topological polar surface area (TPSA) is 82.3 Å². The van der Waals surface area contributed by atoms with Crippen LogP contribution >= 0.6 is 0 Å². The van der Waals surface area contributed by atoms with Crippen molar-refractivity contribution in [3.05, 3.63) is 24.2 Å². The van der Waals surface area contributed by atoms with Crippen LogP contribution in [0.4, 0.5) is 0 Å². The van der Waals surface area contributed by atoms with Crippen molar-refractivity contribution in [2.24, 2.45) is 0 Å². The van der Waals surface area contributed by atoms with E-state index >= 15 is 0 Å². The highest BCUT2D eigenvalue weighted by Gasteiger charge is 2.22. The van der Waals surface area contributed by atoms with Crippen molar-refractivity contribution in [1.29, 1.82) is 0 Å². The molecule has 0 bridgehead atoms. The van der Waals surface area contributed by atoms with Gasteiger partial charge in [0.05, 0.1) is 12.6 Å². The van der Waals surface area contributed by atoms with Crippen LogP contribution in [0.1, 0.15) is 24.8 Å². The van der Waals surface area contributed by atoms with E-state index in [1.165, 1.54) is 0 Å². The lowest BCUT2D eigenvalue weighted by atomic mass is 10.2. The summed E-state index contributed by atoms with van der Waals surface area (Å²) in [4.78, 5) is 8.65. The molecule has 1 aliphatic rings. The highest BCUT2D eigenvalue weighted by molar-refractivity contribution is 5.53. The van der Waals surface area contributed by atoms with E-state index in [1.807, 2.05) is 6.07 Å². The van der Waals surface area contributed by atoms with Crippen LogP contribution in [0.25, 0.3) is 11.4 Å². The summed E-state index contributed by atoms with van der Waals surface area (Å²) in [5.41, 5.74) is 0.807. The van der Waals surface area contributed by atoms with Gasteiger partial charge in [-0.05, 0) is 25.5 Å².